The lowest BCUT2D eigenvalue weighted by molar-refractivity contribution is 0.316. The first-order chi connectivity index (χ1) is 6.83. The van der Waals surface area contributed by atoms with Crippen molar-refractivity contribution in [2.75, 3.05) is 13.2 Å². The second-order valence-electron chi connectivity index (χ2n) is 2.80. The number of hydrogen-bond donors (Lipinski definition) is 1. The summed E-state index contributed by atoms with van der Waals surface area (Å²) in [4.78, 5) is 0. The van der Waals surface area contributed by atoms with Crippen LogP contribution in [0.3, 0.4) is 0 Å². The Morgan fingerprint density at radius 1 is 1.07 bits per heavy atom. The second kappa shape index (κ2) is 7.37. The molecule has 1 aromatic rings. The molecule has 0 aliphatic rings. The first-order valence-corrected chi connectivity index (χ1v) is 4.91. The van der Waals surface area contributed by atoms with Gasteiger partial charge in [0, 0.05) is 12.1 Å². The molecule has 0 aliphatic carbocycles. The van der Waals surface area contributed by atoms with Gasteiger partial charge in [0.25, 0.3) is 0 Å². The van der Waals surface area contributed by atoms with E-state index in [-0.39, 0.29) is 12.4 Å². The number of benzene rings is 1. The third kappa shape index (κ3) is 3.61. The molecule has 3 nitrogen and oxygen atoms in total. The van der Waals surface area contributed by atoms with Gasteiger partial charge < -0.3 is 15.2 Å². The van der Waals surface area contributed by atoms with Crippen molar-refractivity contribution < 1.29 is 9.47 Å². The van der Waals surface area contributed by atoms with E-state index in [0.29, 0.717) is 19.8 Å². The second-order valence-corrected chi connectivity index (χ2v) is 2.80. The molecule has 2 N–H and O–H groups in total. The van der Waals surface area contributed by atoms with E-state index >= 15 is 0 Å². The molecule has 0 amide bonds. The Morgan fingerprint density at radius 2 is 1.53 bits per heavy atom. The predicted molar refractivity (Wildman–Crippen MR) is 63.9 cm³/mol. The first kappa shape index (κ1) is 14.1. The van der Waals surface area contributed by atoms with Gasteiger partial charge in [0.2, 0.25) is 0 Å². The van der Waals surface area contributed by atoms with E-state index in [2.05, 4.69) is 0 Å². The van der Waals surface area contributed by atoms with Gasteiger partial charge in [-0.1, -0.05) is 6.07 Å². The summed E-state index contributed by atoms with van der Waals surface area (Å²) in [5.41, 5.74) is 6.59. The number of ether oxygens (including phenoxy) is 2. The number of rotatable bonds is 5. The average molecular weight is 232 g/mol. The van der Waals surface area contributed by atoms with Gasteiger partial charge in [-0.25, -0.2) is 0 Å². The molecular weight excluding hydrogens is 214 g/mol. The van der Waals surface area contributed by atoms with Crippen molar-refractivity contribution in [1.29, 1.82) is 0 Å². The fourth-order valence-corrected chi connectivity index (χ4v) is 1.33. The fourth-order valence-electron chi connectivity index (χ4n) is 1.33. The van der Waals surface area contributed by atoms with Gasteiger partial charge in [-0.15, -0.1) is 12.4 Å². The van der Waals surface area contributed by atoms with Gasteiger partial charge in [-0.2, -0.15) is 0 Å². The summed E-state index contributed by atoms with van der Waals surface area (Å²) < 4.78 is 10.9. The van der Waals surface area contributed by atoms with Crippen molar-refractivity contribution in [3.63, 3.8) is 0 Å². The molecule has 0 bridgehead atoms. The standard InChI is InChI=1S/C11H17NO2.ClH/c1-3-13-10-6-5-7-11(14-4-2)9(10)8-12;/h5-7H,3-4,8,12H2,1-2H3;1H. The zero-order valence-corrected chi connectivity index (χ0v) is 9.97. The maximum absolute atomic E-state index is 5.65. The Bertz CT molecular complexity index is 268. The summed E-state index contributed by atoms with van der Waals surface area (Å²) >= 11 is 0. The quantitative estimate of drug-likeness (QED) is 0.846. The van der Waals surface area contributed by atoms with Crippen LogP contribution in [-0.4, -0.2) is 13.2 Å². The van der Waals surface area contributed by atoms with Gasteiger partial charge in [-0.3, -0.25) is 0 Å². The lowest BCUT2D eigenvalue weighted by Gasteiger charge is -2.13. The average Bonchev–Trinajstić information content (AvgIpc) is 2.19. The molecular formula is C11H18ClNO2. The largest absolute Gasteiger partial charge is 0.493 e. The summed E-state index contributed by atoms with van der Waals surface area (Å²) in [6.07, 6.45) is 0. The van der Waals surface area contributed by atoms with Crippen LogP contribution in [0.5, 0.6) is 11.5 Å². The van der Waals surface area contributed by atoms with Crippen LogP contribution in [0.25, 0.3) is 0 Å². The van der Waals surface area contributed by atoms with E-state index in [1.54, 1.807) is 0 Å². The Labute approximate surface area is 97.0 Å². The molecule has 0 saturated carbocycles. The van der Waals surface area contributed by atoms with Crippen molar-refractivity contribution in [2.45, 2.75) is 20.4 Å². The molecule has 0 atom stereocenters. The molecule has 86 valence electrons. The van der Waals surface area contributed by atoms with Crippen LogP contribution < -0.4 is 15.2 Å². The lowest BCUT2D eigenvalue weighted by atomic mass is 10.2. The van der Waals surface area contributed by atoms with E-state index in [4.69, 9.17) is 15.2 Å². The number of halogens is 1. The molecule has 0 aromatic heterocycles. The molecule has 4 heteroatoms. The lowest BCUT2D eigenvalue weighted by Crippen LogP contribution is -2.05. The zero-order chi connectivity index (χ0) is 10.4. The van der Waals surface area contributed by atoms with E-state index < -0.39 is 0 Å². The highest BCUT2D eigenvalue weighted by molar-refractivity contribution is 5.85. The van der Waals surface area contributed by atoms with Gasteiger partial charge >= 0.3 is 0 Å². The highest BCUT2D eigenvalue weighted by Gasteiger charge is 2.07. The molecule has 0 unspecified atom stereocenters. The van der Waals surface area contributed by atoms with Crippen LogP contribution in [0.4, 0.5) is 0 Å². The fraction of sp³-hybridized carbons (Fsp3) is 0.455. The monoisotopic (exact) mass is 231 g/mol. The van der Waals surface area contributed by atoms with Gasteiger partial charge in [-0.05, 0) is 26.0 Å². The Morgan fingerprint density at radius 3 is 1.87 bits per heavy atom. The normalized spacial score (nSPS) is 9.27. The SMILES string of the molecule is CCOc1cccc(OCC)c1CN.Cl. The van der Waals surface area contributed by atoms with E-state index in [0.717, 1.165) is 17.1 Å². The maximum Gasteiger partial charge on any atom is 0.127 e. The molecule has 0 radical (unpaired) electrons. The summed E-state index contributed by atoms with van der Waals surface area (Å²) in [6, 6.07) is 5.73. The maximum atomic E-state index is 5.65. The van der Waals surface area contributed by atoms with Gasteiger partial charge in [0.05, 0.1) is 13.2 Å². The Balaban J connectivity index is 0.00000196. The van der Waals surface area contributed by atoms with Crippen LogP contribution in [0, 0.1) is 0 Å². The smallest absolute Gasteiger partial charge is 0.127 e. The molecule has 0 heterocycles. The highest BCUT2D eigenvalue weighted by Crippen LogP contribution is 2.27. The first-order valence-electron chi connectivity index (χ1n) is 4.91. The van der Waals surface area contributed by atoms with Crippen LogP contribution in [-0.2, 0) is 6.54 Å². The van der Waals surface area contributed by atoms with E-state index in [1.165, 1.54) is 0 Å². The predicted octanol–water partition coefficient (Wildman–Crippen LogP) is 2.36. The van der Waals surface area contributed by atoms with Crippen molar-refractivity contribution in [2.24, 2.45) is 5.73 Å². The number of hydrogen-bond acceptors (Lipinski definition) is 3. The molecule has 1 aromatic carbocycles. The molecule has 0 fully saturated rings. The molecule has 15 heavy (non-hydrogen) atoms. The van der Waals surface area contributed by atoms with Crippen LogP contribution >= 0.6 is 12.4 Å². The Kier molecular flexibility index (Phi) is 6.92. The molecule has 0 saturated heterocycles. The van der Waals surface area contributed by atoms with E-state index in [9.17, 15) is 0 Å². The summed E-state index contributed by atoms with van der Waals surface area (Å²) in [5, 5.41) is 0. The minimum atomic E-state index is 0. The van der Waals surface area contributed by atoms with E-state index in [1.807, 2.05) is 32.0 Å². The Hall–Kier alpha value is -0.930. The minimum Gasteiger partial charge on any atom is -0.493 e. The molecule has 0 aliphatic heterocycles. The van der Waals surface area contributed by atoms with Gasteiger partial charge in [0.1, 0.15) is 11.5 Å². The highest BCUT2D eigenvalue weighted by atomic mass is 35.5. The zero-order valence-electron chi connectivity index (χ0n) is 9.16. The summed E-state index contributed by atoms with van der Waals surface area (Å²) in [7, 11) is 0. The van der Waals surface area contributed by atoms with Crippen molar-refractivity contribution in [1.82, 2.24) is 0 Å². The third-order valence-corrected chi connectivity index (χ3v) is 1.89. The van der Waals surface area contributed by atoms with Crippen LogP contribution in [0.1, 0.15) is 19.4 Å². The third-order valence-electron chi connectivity index (χ3n) is 1.89. The number of nitrogens with two attached hydrogens (primary N) is 1. The van der Waals surface area contributed by atoms with Gasteiger partial charge in [0.15, 0.2) is 0 Å². The van der Waals surface area contributed by atoms with Crippen molar-refractivity contribution in [3.8, 4) is 11.5 Å². The van der Waals surface area contributed by atoms with Crippen LogP contribution in [0.15, 0.2) is 18.2 Å². The molecule has 1 rings (SSSR count). The summed E-state index contributed by atoms with van der Waals surface area (Å²) in [6.45, 7) is 5.62. The van der Waals surface area contributed by atoms with Crippen molar-refractivity contribution in [3.05, 3.63) is 23.8 Å². The topological polar surface area (TPSA) is 44.5 Å². The minimum absolute atomic E-state index is 0. The van der Waals surface area contributed by atoms with Crippen LogP contribution in [0.2, 0.25) is 0 Å². The van der Waals surface area contributed by atoms with Crippen molar-refractivity contribution >= 4 is 12.4 Å². The summed E-state index contributed by atoms with van der Waals surface area (Å²) in [5.74, 6) is 1.64. The molecule has 0 spiro atoms.